The molecule has 0 aliphatic heterocycles. The van der Waals surface area contributed by atoms with Gasteiger partial charge in [-0.25, -0.2) is 4.98 Å². The molecular weight excluding hydrogens is 226 g/mol. The molecule has 0 amide bonds. The van der Waals surface area contributed by atoms with Crippen molar-refractivity contribution < 1.29 is 0 Å². The van der Waals surface area contributed by atoms with Crippen LogP contribution in [0.25, 0.3) is 6.20 Å². The molecule has 5 nitrogen and oxygen atoms in total. The molecule has 0 atom stereocenters. The van der Waals surface area contributed by atoms with Crippen molar-refractivity contribution in [3.8, 4) is 0 Å². The molecule has 0 saturated heterocycles. The molecule has 94 valence electrons. The van der Waals surface area contributed by atoms with Gasteiger partial charge in [0.1, 0.15) is 0 Å². The van der Waals surface area contributed by atoms with Gasteiger partial charge in [-0.15, -0.1) is 0 Å². The van der Waals surface area contributed by atoms with Crippen LogP contribution < -0.4 is 0 Å². The summed E-state index contributed by atoms with van der Waals surface area (Å²) in [4.78, 5) is 16.2. The van der Waals surface area contributed by atoms with E-state index < -0.39 is 0 Å². The summed E-state index contributed by atoms with van der Waals surface area (Å²) in [6.07, 6.45) is 8.56. The van der Waals surface area contributed by atoms with Crippen molar-refractivity contribution in [1.29, 1.82) is 0 Å². The fourth-order valence-corrected chi connectivity index (χ4v) is 1.37. The van der Waals surface area contributed by atoms with E-state index in [1.54, 1.807) is 37.9 Å². The van der Waals surface area contributed by atoms with Crippen molar-refractivity contribution in [3.05, 3.63) is 36.6 Å². The Kier molecular flexibility index (Phi) is 5.44. The van der Waals surface area contributed by atoms with E-state index in [2.05, 4.69) is 33.3 Å². The van der Waals surface area contributed by atoms with E-state index in [1.165, 1.54) is 0 Å². The van der Waals surface area contributed by atoms with E-state index in [1.807, 2.05) is 11.5 Å². The van der Waals surface area contributed by atoms with Gasteiger partial charge in [-0.2, -0.15) is 0 Å². The van der Waals surface area contributed by atoms with Crippen LogP contribution in [0.5, 0.6) is 0 Å². The summed E-state index contributed by atoms with van der Waals surface area (Å²) in [5.41, 5.74) is 1.84. The van der Waals surface area contributed by atoms with E-state index in [9.17, 15) is 0 Å². The highest BCUT2D eigenvalue weighted by Crippen LogP contribution is 2.06. The van der Waals surface area contributed by atoms with Crippen LogP contribution in [0.1, 0.15) is 18.4 Å². The van der Waals surface area contributed by atoms with Gasteiger partial charge in [0, 0.05) is 25.2 Å². The minimum Gasteiger partial charge on any atom is -0.302 e. The SMILES string of the molecule is C=Cn1c(CN=C(C)/C=C\N=C)cnc1C=NC. The Morgan fingerprint density at radius 1 is 1.56 bits per heavy atom. The lowest BCUT2D eigenvalue weighted by atomic mass is 10.4. The highest BCUT2D eigenvalue weighted by atomic mass is 15.1. The molecule has 0 aromatic carbocycles. The lowest BCUT2D eigenvalue weighted by Gasteiger charge is -2.01. The number of nitrogens with zero attached hydrogens (tertiary/aromatic N) is 5. The van der Waals surface area contributed by atoms with Crippen molar-refractivity contribution in [2.75, 3.05) is 7.05 Å². The predicted molar refractivity (Wildman–Crippen MR) is 77.6 cm³/mol. The van der Waals surface area contributed by atoms with Gasteiger partial charge in [0.25, 0.3) is 0 Å². The number of allylic oxidation sites excluding steroid dienone is 1. The van der Waals surface area contributed by atoms with Crippen LogP contribution >= 0.6 is 0 Å². The summed E-state index contributed by atoms with van der Waals surface area (Å²) < 4.78 is 1.86. The number of aromatic nitrogens is 2. The monoisotopic (exact) mass is 243 g/mol. The third-order valence-corrected chi connectivity index (χ3v) is 2.24. The maximum absolute atomic E-state index is 4.40. The van der Waals surface area contributed by atoms with Crippen molar-refractivity contribution in [2.24, 2.45) is 15.0 Å². The Balaban J connectivity index is 2.88. The Labute approximate surface area is 107 Å². The zero-order valence-electron chi connectivity index (χ0n) is 10.7. The average Bonchev–Trinajstić information content (AvgIpc) is 2.76. The fourth-order valence-electron chi connectivity index (χ4n) is 1.37. The van der Waals surface area contributed by atoms with E-state index in [-0.39, 0.29) is 0 Å². The number of hydrogen-bond acceptors (Lipinski definition) is 4. The van der Waals surface area contributed by atoms with Gasteiger partial charge in [0.05, 0.1) is 24.7 Å². The summed E-state index contributed by atoms with van der Waals surface area (Å²) in [5, 5.41) is 0. The molecule has 1 heterocycles. The van der Waals surface area contributed by atoms with Crippen molar-refractivity contribution in [2.45, 2.75) is 13.5 Å². The minimum absolute atomic E-state index is 0.532. The standard InChI is InChI=1S/C13H17N5/c1-5-18-12(9-17-13(18)10-15-4)8-16-11(2)6-7-14-3/h5-7,9-10H,1,3,8H2,2,4H3/b7-6-,15-10?,16-11?. The minimum atomic E-state index is 0.532. The van der Waals surface area contributed by atoms with Gasteiger partial charge in [0.15, 0.2) is 5.82 Å². The molecule has 0 bridgehead atoms. The van der Waals surface area contributed by atoms with Gasteiger partial charge < -0.3 is 4.57 Å². The lowest BCUT2D eigenvalue weighted by molar-refractivity contribution is 0.940. The van der Waals surface area contributed by atoms with Crippen molar-refractivity contribution in [3.63, 3.8) is 0 Å². The van der Waals surface area contributed by atoms with Crippen molar-refractivity contribution in [1.82, 2.24) is 9.55 Å². The van der Waals surface area contributed by atoms with Crippen LogP contribution in [0.2, 0.25) is 0 Å². The maximum atomic E-state index is 4.40. The zero-order chi connectivity index (χ0) is 13.4. The quantitative estimate of drug-likeness (QED) is 0.707. The lowest BCUT2D eigenvalue weighted by Crippen LogP contribution is -1.99. The highest BCUT2D eigenvalue weighted by molar-refractivity contribution is 5.92. The maximum Gasteiger partial charge on any atom is 0.154 e. The first kappa shape index (κ1) is 13.8. The van der Waals surface area contributed by atoms with Crippen molar-refractivity contribution >= 4 is 24.8 Å². The molecule has 1 aromatic heterocycles. The van der Waals surface area contributed by atoms with Gasteiger partial charge in [-0.3, -0.25) is 15.0 Å². The molecule has 0 spiro atoms. The molecule has 0 saturated carbocycles. The van der Waals surface area contributed by atoms with Crippen LogP contribution in [0.3, 0.4) is 0 Å². The van der Waals surface area contributed by atoms with E-state index in [0.717, 1.165) is 17.2 Å². The Hall–Kier alpha value is -2.30. The fraction of sp³-hybridized carbons (Fsp3) is 0.231. The van der Waals surface area contributed by atoms with Crippen LogP contribution in [0, 0.1) is 0 Å². The molecule has 5 heteroatoms. The number of aliphatic imine (C=N–C) groups is 3. The first-order valence-corrected chi connectivity index (χ1v) is 5.47. The van der Waals surface area contributed by atoms with Crippen LogP contribution in [-0.4, -0.2) is 35.2 Å². The van der Waals surface area contributed by atoms with E-state index in [4.69, 9.17) is 0 Å². The predicted octanol–water partition coefficient (Wildman–Crippen LogP) is 2.21. The van der Waals surface area contributed by atoms with E-state index in [0.29, 0.717) is 6.54 Å². The van der Waals surface area contributed by atoms with Crippen LogP contribution in [0.15, 0.2) is 40.0 Å². The summed E-state index contributed by atoms with van der Waals surface area (Å²) in [5.74, 6) is 0.749. The second-order valence-electron chi connectivity index (χ2n) is 3.50. The molecule has 0 radical (unpaired) electrons. The third kappa shape index (κ3) is 3.62. The number of imidazole rings is 1. The van der Waals surface area contributed by atoms with Gasteiger partial charge in [0.2, 0.25) is 0 Å². The van der Waals surface area contributed by atoms with Gasteiger partial charge in [-0.1, -0.05) is 6.58 Å². The smallest absolute Gasteiger partial charge is 0.154 e. The number of hydrogen-bond donors (Lipinski definition) is 0. The molecule has 0 unspecified atom stereocenters. The second kappa shape index (κ2) is 7.11. The molecule has 0 aliphatic carbocycles. The molecule has 0 aliphatic rings. The summed E-state index contributed by atoms with van der Waals surface area (Å²) in [6, 6.07) is 0. The van der Waals surface area contributed by atoms with Crippen LogP contribution in [-0.2, 0) is 6.54 Å². The normalized spacial score (nSPS) is 12.4. The summed E-state index contributed by atoms with van der Waals surface area (Å²) in [7, 11) is 1.71. The molecule has 18 heavy (non-hydrogen) atoms. The zero-order valence-corrected chi connectivity index (χ0v) is 10.7. The molecular formula is C13H17N5. The van der Waals surface area contributed by atoms with Gasteiger partial charge >= 0.3 is 0 Å². The molecule has 1 aromatic rings. The van der Waals surface area contributed by atoms with Gasteiger partial charge in [-0.05, 0) is 19.7 Å². The summed E-state index contributed by atoms with van der Waals surface area (Å²) >= 11 is 0. The first-order valence-electron chi connectivity index (χ1n) is 5.47. The first-order chi connectivity index (χ1) is 8.72. The molecule has 1 rings (SSSR count). The number of rotatable bonds is 6. The molecule has 0 N–H and O–H groups in total. The highest BCUT2D eigenvalue weighted by Gasteiger charge is 2.04. The second-order valence-corrected chi connectivity index (χ2v) is 3.50. The van der Waals surface area contributed by atoms with E-state index >= 15 is 0 Å². The average molecular weight is 243 g/mol. The molecule has 0 fully saturated rings. The Morgan fingerprint density at radius 3 is 2.94 bits per heavy atom. The topological polar surface area (TPSA) is 54.9 Å². The Bertz CT molecular complexity index is 505. The van der Waals surface area contributed by atoms with Crippen LogP contribution in [0.4, 0.5) is 0 Å². The summed E-state index contributed by atoms with van der Waals surface area (Å²) in [6.45, 7) is 9.57. The Morgan fingerprint density at radius 2 is 2.33 bits per heavy atom. The largest absolute Gasteiger partial charge is 0.302 e. The third-order valence-electron chi connectivity index (χ3n) is 2.24.